The minimum atomic E-state index is -0.494. The smallest absolute Gasteiger partial charge is 0.410 e. The third-order valence-corrected chi connectivity index (χ3v) is 7.30. The third kappa shape index (κ3) is 16.8. The van der Waals surface area contributed by atoms with Gasteiger partial charge in [-0.3, -0.25) is 9.59 Å². The Morgan fingerprint density at radius 3 is 1.46 bits per heavy atom. The van der Waals surface area contributed by atoms with Gasteiger partial charge in [0.1, 0.15) is 24.4 Å². The van der Waals surface area contributed by atoms with Crippen LogP contribution < -0.4 is 20.9 Å². The molecule has 0 atom stereocenters. The third-order valence-electron chi connectivity index (χ3n) is 7.19. The second kappa shape index (κ2) is 21.9. The van der Waals surface area contributed by atoms with Gasteiger partial charge in [0.05, 0.1) is 22.7 Å². The molecule has 14 nitrogen and oxygen atoms in total. The molecule has 3 amide bonds. The number of nitrogens with two attached hydrogens (primary N) is 1. The van der Waals surface area contributed by atoms with E-state index in [-0.39, 0.29) is 38.7 Å². The summed E-state index contributed by atoms with van der Waals surface area (Å²) in [7, 11) is 2.90. The van der Waals surface area contributed by atoms with Gasteiger partial charge in [-0.1, -0.05) is 31.7 Å². The van der Waals surface area contributed by atoms with Crippen LogP contribution in [-0.2, 0) is 28.5 Å². The minimum absolute atomic E-state index is 0. The van der Waals surface area contributed by atoms with E-state index in [1.54, 1.807) is 9.80 Å². The zero-order chi connectivity index (χ0) is 38.2. The van der Waals surface area contributed by atoms with Crippen molar-refractivity contribution in [1.82, 2.24) is 9.80 Å². The van der Waals surface area contributed by atoms with Crippen molar-refractivity contribution >= 4 is 57.7 Å². The van der Waals surface area contributed by atoms with Crippen molar-refractivity contribution in [2.24, 2.45) is 0 Å². The molecule has 2 aliphatic rings. The highest BCUT2D eigenvalue weighted by molar-refractivity contribution is 6.63. The zero-order valence-electron chi connectivity index (χ0n) is 31.2. The van der Waals surface area contributed by atoms with Gasteiger partial charge in [-0.15, -0.1) is 0 Å². The van der Waals surface area contributed by atoms with Gasteiger partial charge >= 0.3 is 12.2 Å². The lowest BCUT2D eigenvalue weighted by Crippen LogP contribution is -2.50. The number of carbonyl (C=O) groups is 4. The summed E-state index contributed by atoms with van der Waals surface area (Å²) in [5.74, 6) is -0.192. The molecule has 2 fully saturated rings. The number of carbonyl (C=O) groups excluding carboxylic acids is 4. The van der Waals surface area contributed by atoms with Crippen molar-refractivity contribution in [2.75, 3.05) is 101 Å². The van der Waals surface area contributed by atoms with Gasteiger partial charge in [0, 0.05) is 66.6 Å². The first-order valence-corrected chi connectivity index (χ1v) is 17.2. The fraction of sp³-hybridized carbons (Fsp3) is 0.568. The summed E-state index contributed by atoms with van der Waals surface area (Å²) < 4.78 is 20.0. The maximum atomic E-state index is 12.2. The molecule has 52 heavy (non-hydrogen) atoms. The fourth-order valence-electron chi connectivity index (χ4n) is 4.97. The average molecular weight is 751 g/mol. The molecule has 0 saturated carbocycles. The molecule has 2 heterocycles. The quantitative estimate of drug-likeness (QED) is 0.265. The first kappa shape index (κ1) is 45.8. The second-order valence-electron chi connectivity index (χ2n) is 13.8. The molecular weight excluding hydrogens is 692 g/mol. The molecule has 2 aromatic rings. The number of nitrogens with zero attached hydrogens (tertiary/aromatic N) is 4. The number of para-hydroxylation sites is 4. The number of rotatable bonds is 7. The predicted molar refractivity (Wildman–Crippen MR) is 207 cm³/mol. The van der Waals surface area contributed by atoms with Crippen molar-refractivity contribution in [3.63, 3.8) is 0 Å². The van der Waals surface area contributed by atoms with Crippen LogP contribution in [0.15, 0.2) is 48.5 Å². The van der Waals surface area contributed by atoms with Crippen LogP contribution in [0.4, 0.5) is 32.3 Å². The van der Waals surface area contributed by atoms with Gasteiger partial charge in [0.25, 0.3) is 0 Å². The van der Waals surface area contributed by atoms with E-state index >= 15 is 0 Å². The van der Waals surface area contributed by atoms with E-state index < -0.39 is 16.4 Å². The van der Waals surface area contributed by atoms with Gasteiger partial charge in [-0.2, -0.15) is 0 Å². The second-order valence-corrected chi connectivity index (χ2v) is 14.2. The molecule has 0 radical (unpaired) electrons. The number of halogens is 1. The largest absolute Gasteiger partial charge is 0.444 e. The molecule has 0 spiro atoms. The molecule has 2 saturated heterocycles. The Kier molecular flexibility index (Phi) is 19.3. The molecule has 0 aromatic heterocycles. The number of amides is 3. The summed E-state index contributed by atoms with van der Waals surface area (Å²) in [4.78, 5) is 53.4. The number of ether oxygens (including phenoxy) is 4. The van der Waals surface area contributed by atoms with E-state index in [1.165, 1.54) is 14.2 Å². The number of methoxy groups -OCH3 is 2. The molecule has 2 aromatic carbocycles. The van der Waals surface area contributed by atoms with Crippen molar-refractivity contribution in [3.05, 3.63) is 48.5 Å². The molecule has 0 bridgehead atoms. The highest BCUT2D eigenvalue weighted by Crippen LogP contribution is 2.27. The van der Waals surface area contributed by atoms with E-state index in [0.717, 1.165) is 35.8 Å². The summed E-state index contributed by atoms with van der Waals surface area (Å²) >= 11 is 4.81. The van der Waals surface area contributed by atoms with Crippen LogP contribution in [-0.4, -0.2) is 124 Å². The van der Waals surface area contributed by atoms with Crippen LogP contribution in [0.3, 0.4) is 0 Å². The summed E-state index contributed by atoms with van der Waals surface area (Å²) in [6.07, 6.45) is -0.521. The summed E-state index contributed by atoms with van der Waals surface area (Å²) in [6, 6.07) is 15.5. The average Bonchev–Trinajstić information content (AvgIpc) is 3.04. The van der Waals surface area contributed by atoms with Crippen LogP contribution in [0.25, 0.3) is 0 Å². The summed E-state index contributed by atoms with van der Waals surface area (Å²) in [5, 5.41) is 2.40. The molecule has 4 rings (SSSR count). The predicted octanol–water partition coefficient (Wildman–Crippen LogP) is 5.69. The number of anilines is 4. The van der Waals surface area contributed by atoms with Crippen LogP contribution in [0.1, 0.15) is 49.0 Å². The normalized spacial score (nSPS) is 14.4. The Morgan fingerprint density at radius 2 is 1.08 bits per heavy atom. The Labute approximate surface area is 314 Å². The number of piperazine rings is 2. The Morgan fingerprint density at radius 1 is 0.673 bits per heavy atom. The topological polar surface area (TPSA) is 156 Å². The van der Waals surface area contributed by atoms with Crippen LogP contribution in [0.5, 0.6) is 0 Å². The van der Waals surface area contributed by atoms with Crippen molar-refractivity contribution in [1.29, 1.82) is 0 Å². The maximum Gasteiger partial charge on any atom is 0.410 e. The number of nitrogens with one attached hydrogen (secondary N) is 1. The number of hydrogen-bond acceptors (Lipinski definition) is 11. The van der Waals surface area contributed by atoms with Crippen molar-refractivity contribution < 1.29 is 38.1 Å². The van der Waals surface area contributed by atoms with Crippen LogP contribution in [0, 0.1) is 0 Å². The molecule has 292 valence electrons. The van der Waals surface area contributed by atoms with E-state index in [2.05, 4.69) is 19.9 Å². The van der Waals surface area contributed by atoms with Gasteiger partial charge in [0.15, 0.2) is 0 Å². The Balaban J connectivity index is 0.000000449. The first-order valence-electron chi connectivity index (χ1n) is 16.8. The highest BCUT2D eigenvalue weighted by atomic mass is 35.5. The lowest BCUT2D eigenvalue weighted by molar-refractivity contribution is -0.119. The zero-order valence-corrected chi connectivity index (χ0v) is 32.0. The highest BCUT2D eigenvalue weighted by Gasteiger charge is 2.28. The SMILES string of the molecule is C.CC(C)(C)OC(=O)N1CCN(c2ccccc2N)CC1.COCC(=O)Cl.COCC(=O)Nc1ccccc1N1CCN(C(=O)OC(C)(C)C)CC1. The van der Waals surface area contributed by atoms with E-state index in [0.29, 0.717) is 39.3 Å². The maximum absolute atomic E-state index is 12.2. The van der Waals surface area contributed by atoms with E-state index in [9.17, 15) is 19.2 Å². The first-order chi connectivity index (χ1) is 23.9. The van der Waals surface area contributed by atoms with Crippen molar-refractivity contribution in [2.45, 2.75) is 60.2 Å². The number of nitrogen functional groups attached to an aromatic ring is 1. The van der Waals surface area contributed by atoms with E-state index in [1.807, 2.05) is 90.1 Å². The monoisotopic (exact) mass is 750 g/mol. The molecule has 3 N–H and O–H groups in total. The van der Waals surface area contributed by atoms with Crippen molar-refractivity contribution in [3.8, 4) is 0 Å². The molecular formula is C37H59ClN6O8. The number of benzene rings is 2. The van der Waals surface area contributed by atoms with Crippen LogP contribution in [0.2, 0.25) is 0 Å². The molecule has 2 aliphatic heterocycles. The molecule has 15 heteroatoms. The summed E-state index contributed by atoms with van der Waals surface area (Å²) in [5.41, 5.74) is 8.54. The van der Waals surface area contributed by atoms with Gasteiger partial charge in [0.2, 0.25) is 11.1 Å². The molecule has 0 aliphatic carbocycles. The Hall–Kier alpha value is -4.27. The minimum Gasteiger partial charge on any atom is -0.444 e. The van der Waals surface area contributed by atoms with Gasteiger partial charge < -0.3 is 49.6 Å². The number of hydrogen-bond donors (Lipinski definition) is 2. The lowest BCUT2D eigenvalue weighted by atomic mass is 10.2. The fourth-order valence-corrected chi connectivity index (χ4v) is 5.08. The van der Waals surface area contributed by atoms with Gasteiger partial charge in [-0.25, -0.2) is 9.59 Å². The van der Waals surface area contributed by atoms with Gasteiger partial charge in [-0.05, 0) is 77.4 Å². The standard InChI is InChI=1S/C18H27N3O4.C15H23N3O2.C3H5ClO2.CH4/c1-18(2,3)25-17(23)21-11-9-20(10-12-21)15-8-6-5-7-14(15)19-16(22)13-24-4;1-15(2,3)20-14(19)18-10-8-17(9-11-18)13-7-5-4-6-12(13)16;1-6-2-3(4)5;/h5-8H,9-13H2,1-4H3,(H,19,22);4-7H,8-11,16H2,1-3H3;2H2,1H3;1H4. The van der Waals surface area contributed by atoms with Crippen LogP contribution >= 0.6 is 11.6 Å². The Bertz CT molecular complexity index is 1420. The summed E-state index contributed by atoms with van der Waals surface area (Å²) in [6.45, 7) is 16.6. The lowest BCUT2D eigenvalue weighted by Gasteiger charge is -2.37. The van der Waals surface area contributed by atoms with E-state index in [4.69, 9.17) is 31.5 Å². The molecule has 0 unspecified atom stereocenters.